The Labute approximate surface area is 216 Å². The van der Waals surface area contributed by atoms with Gasteiger partial charge in [-0.15, -0.1) is 0 Å². The van der Waals surface area contributed by atoms with Gasteiger partial charge in [0.05, 0.1) is 0 Å². The number of aryl methyl sites for hydroxylation is 4. The molecule has 0 aliphatic heterocycles. The van der Waals surface area contributed by atoms with E-state index in [0.717, 1.165) is 37.2 Å². The summed E-state index contributed by atoms with van der Waals surface area (Å²) in [6.07, 6.45) is 3.25. The first-order valence-electron chi connectivity index (χ1n) is 12.1. The fourth-order valence-corrected chi connectivity index (χ4v) is 5.80. The predicted molar refractivity (Wildman–Crippen MR) is 155 cm³/mol. The molecule has 6 heteroatoms. The molecule has 1 fully saturated rings. The molecule has 2 aromatic rings. The van der Waals surface area contributed by atoms with Gasteiger partial charge in [0.15, 0.2) is 10.2 Å². The van der Waals surface area contributed by atoms with E-state index in [9.17, 15) is 0 Å². The molecule has 0 saturated heterocycles. The van der Waals surface area contributed by atoms with E-state index in [4.69, 9.17) is 24.4 Å². The van der Waals surface area contributed by atoms with Crippen LogP contribution in [0.1, 0.15) is 62.3 Å². The van der Waals surface area contributed by atoms with Gasteiger partial charge in [-0.1, -0.05) is 32.9 Å². The highest BCUT2D eigenvalue weighted by atomic mass is 32.1. The van der Waals surface area contributed by atoms with Crippen molar-refractivity contribution >= 4 is 46.0 Å². The first-order valence-corrected chi connectivity index (χ1v) is 12.9. The number of hydrogen-bond acceptors (Lipinski definition) is 2. The molecule has 0 amide bonds. The molecule has 0 spiro atoms. The summed E-state index contributed by atoms with van der Waals surface area (Å²) < 4.78 is 0. The van der Waals surface area contributed by atoms with Crippen molar-refractivity contribution in [1.82, 2.24) is 10.6 Å². The summed E-state index contributed by atoms with van der Waals surface area (Å²) in [6, 6.07) is 13.0. The molecule has 0 heterocycles. The summed E-state index contributed by atoms with van der Waals surface area (Å²) in [6.45, 7) is 16.4. The molecule has 34 heavy (non-hydrogen) atoms. The maximum Gasteiger partial charge on any atom is 0.170 e. The molecule has 0 bridgehead atoms. The highest BCUT2D eigenvalue weighted by Gasteiger charge is 2.41. The molecule has 184 valence electrons. The Hall–Kier alpha value is -2.18. The van der Waals surface area contributed by atoms with Crippen molar-refractivity contribution in [3.05, 3.63) is 58.7 Å². The number of rotatable bonds is 5. The normalized spacial score (nSPS) is 21.4. The van der Waals surface area contributed by atoms with Crippen molar-refractivity contribution < 1.29 is 0 Å². The minimum Gasteiger partial charge on any atom is -0.362 e. The second-order valence-corrected chi connectivity index (χ2v) is 12.1. The summed E-state index contributed by atoms with van der Waals surface area (Å²) in [4.78, 5) is 0. The van der Waals surface area contributed by atoms with E-state index in [1.807, 2.05) is 0 Å². The molecule has 0 radical (unpaired) electrons. The lowest BCUT2D eigenvalue weighted by Gasteiger charge is -2.47. The molecule has 4 nitrogen and oxygen atoms in total. The van der Waals surface area contributed by atoms with Gasteiger partial charge in [0.25, 0.3) is 0 Å². The Morgan fingerprint density at radius 2 is 1.32 bits per heavy atom. The van der Waals surface area contributed by atoms with Crippen molar-refractivity contribution in [2.45, 2.75) is 73.8 Å². The van der Waals surface area contributed by atoms with Crippen LogP contribution in [0.25, 0.3) is 0 Å². The molecule has 3 rings (SSSR count). The van der Waals surface area contributed by atoms with E-state index in [2.05, 4.69) is 106 Å². The van der Waals surface area contributed by atoms with Crippen LogP contribution in [0.3, 0.4) is 0 Å². The third-order valence-corrected chi connectivity index (χ3v) is 7.45. The van der Waals surface area contributed by atoms with E-state index in [-0.39, 0.29) is 10.8 Å². The van der Waals surface area contributed by atoms with Gasteiger partial charge in [-0.25, -0.2) is 0 Å². The third-order valence-electron chi connectivity index (χ3n) is 6.98. The van der Waals surface area contributed by atoms with Crippen molar-refractivity contribution in [1.29, 1.82) is 0 Å². The molecule has 2 aromatic carbocycles. The van der Waals surface area contributed by atoms with Gasteiger partial charge in [0.1, 0.15) is 0 Å². The Kier molecular flexibility index (Phi) is 8.25. The number of nitrogens with one attached hydrogen (secondary N) is 4. The zero-order chi connectivity index (χ0) is 25.1. The topological polar surface area (TPSA) is 48.1 Å². The van der Waals surface area contributed by atoms with Gasteiger partial charge in [-0.2, -0.15) is 0 Å². The van der Waals surface area contributed by atoms with E-state index in [1.165, 1.54) is 22.3 Å². The molecular weight excluding hydrogens is 456 g/mol. The zero-order valence-corrected chi connectivity index (χ0v) is 23.3. The first-order chi connectivity index (χ1) is 15.8. The van der Waals surface area contributed by atoms with Gasteiger partial charge >= 0.3 is 0 Å². The molecule has 1 aliphatic carbocycles. The maximum absolute atomic E-state index is 5.67. The summed E-state index contributed by atoms with van der Waals surface area (Å²) in [5, 5.41) is 15.1. The van der Waals surface area contributed by atoms with Crippen LogP contribution in [0.2, 0.25) is 0 Å². The van der Waals surface area contributed by atoms with Crippen LogP contribution in [-0.4, -0.2) is 22.8 Å². The molecule has 4 N–H and O–H groups in total. The Bertz CT molecular complexity index is 1060. The summed E-state index contributed by atoms with van der Waals surface area (Å²) >= 11 is 11.3. The van der Waals surface area contributed by atoms with Gasteiger partial charge in [0, 0.05) is 24.0 Å². The minimum atomic E-state index is 0.102. The second kappa shape index (κ2) is 10.6. The monoisotopic (exact) mass is 496 g/mol. The highest BCUT2D eigenvalue weighted by molar-refractivity contribution is 7.80. The average molecular weight is 497 g/mol. The van der Waals surface area contributed by atoms with Crippen LogP contribution in [0.4, 0.5) is 11.4 Å². The predicted octanol–water partition coefficient (Wildman–Crippen LogP) is 6.78. The molecule has 1 saturated carbocycles. The van der Waals surface area contributed by atoms with E-state index >= 15 is 0 Å². The third kappa shape index (κ3) is 7.41. The Morgan fingerprint density at radius 3 is 1.85 bits per heavy atom. The molecule has 0 aromatic heterocycles. The largest absolute Gasteiger partial charge is 0.362 e. The fourth-order valence-electron chi connectivity index (χ4n) is 5.33. The van der Waals surface area contributed by atoms with Crippen molar-refractivity contribution in [3.63, 3.8) is 0 Å². The van der Waals surface area contributed by atoms with Crippen molar-refractivity contribution in [3.8, 4) is 0 Å². The first kappa shape index (κ1) is 26.4. The lowest BCUT2D eigenvalue weighted by Crippen LogP contribution is -2.51. The Balaban J connectivity index is 1.58. The number of thiocarbonyl (C=S) groups is 2. The quantitative estimate of drug-likeness (QED) is 0.342. The zero-order valence-electron chi connectivity index (χ0n) is 21.7. The van der Waals surface area contributed by atoms with Gasteiger partial charge in [0.2, 0.25) is 0 Å². The van der Waals surface area contributed by atoms with Crippen LogP contribution in [-0.2, 0) is 0 Å². The number of anilines is 2. The second-order valence-electron chi connectivity index (χ2n) is 11.3. The minimum absolute atomic E-state index is 0.102. The fraction of sp³-hybridized carbons (Fsp3) is 0.500. The van der Waals surface area contributed by atoms with Crippen molar-refractivity contribution in [2.24, 2.45) is 10.8 Å². The maximum atomic E-state index is 5.67. The van der Waals surface area contributed by atoms with Gasteiger partial charge in [-0.3, -0.25) is 0 Å². The molecule has 0 unspecified atom stereocenters. The molecular formula is C28H40N4S2. The van der Waals surface area contributed by atoms with Crippen LogP contribution >= 0.6 is 24.4 Å². The van der Waals surface area contributed by atoms with E-state index in [1.54, 1.807) is 0 Å². The molecule has 2 atom stereocenters. The summed E-state index contributed by atoms with van der Waals surface area (Å²) in [5.74, 6) is 0. The highest BCUT2D eigenvalue weighted by Crippen LogP contribution is 2.45. The lowest BCUT2D eigenvalue weighted by molar-refractivity contribution is 0.0807. The van der Waals surface area contributed by atoms with Crippen LogP contribution in [0.5, 0.6) is 0 Å². The number of benzene rings is 2. The van der Waals surface area contributed by atoms with Crippen LogP contribution < -0.4 is 21.3 Å². The summed E-state index contributed by atoms with van der Waals surface area (Å²) in [7, 11) is 0. The van der Waals surface area contributed by atoms with E-state index in [0.29, 0.717) is 16.3 Å². The van der Waals surface area contributed by atoms with Gasteiger partial charge < -0.3 is 21.3 Å². The van der Waals surface area contributed by atoms with Crippen LogP contribution in [0.15, 0.2) is 36.4 Å². The van der Waals surface area contributed by atoms with Crippen LogP contribution in [0, 0.1) is 38.5 Å². The van der Waals surface area contributed by atoms with E-state index < -0.39 is 0 Å². The Morgan fingerprint density at radius 1 is 0.794 bits per heavy atom. The lowest BCUT2D eigenvalue weighted by atomic mass is 9.62. The van der Waals surface area contributed by atoms with Crippen molar-refractivity contribution in [2.75, 3.05) is 17.2 Å². The van der Waals surface area contributed by atoms with Gasteiger partial charge in [-0.05, 0) is 129 Å². The SMILES string of the molecule is Cc1ccc(NC(=S)NC[C@@]2(C)C[C@H](NC(=S)Nc3ccc(C)c(C)c3)CC(C)(C)C2)cc1C. The smallest absolute Gasteiger partial charge is 0.170 e. The standard InChI is InChI=1S/C28H40N4S2/c1-18-8-10-22(12-20(18)3)30-25(33)29-17-28(7)15-24(14-27(5,6)16-28)32-26(34)31-23-11-9-19(2)21(4)13-23/h8-13,24H,14-17H2,1-7H3,(H2,29,30,33)(H2,31,32,34)/t24-,28+/m1/s1. The summed E-state index contributed by atoms with van der Waals surface area (Å²) in [5.41, 5.74) is 7.45. The molecule has 1 aliphatic rings. The number of hydrogen-bond donors (Lipinski definition) is 4. The average Bonchev–Trinajstić information content (AvgIpc) is 2.70.